The quantitative estimate of drug-likeness (QED) is 0.774. The molecule has 0 spiro atoms. The van der Waals surface area contributed by atoms with Gasteiger partial charge >= 0.3 is 0 Å². The van der Waals surface area contributed by atoms with Crippen LogP contribution in [0.4, 0.5) is 0 Å². The molecule has 0 aliphatic carbocycles. The number of piperazine rings is 1. The molecule has 1 aliphatic rings. The van der Waals surface area contributed by atoms with Crippen LogP contribution >= 0.6 is 36.6 Å². The van der Waals surface area contributed by atoms with Gasteiger partial charge in [0.2, 0.25) is 0 Å². The van der Waals surface area contributed by atoms with Gasteiger partial charge in [-0.25, -0.2) is 0 Å². The normalized spacial score (nSPS) is 17.3. The van der Waals surface area contributed by atoms with E-state index in [2.05, 4.69) is 62.2 Å². The average molecular weight is 365 g/mol. The molecule has 2 rings (SSSR count). The van der Waals surface area contributed by atoms with Gasteiger partial charge in [0.15, 0.2) is 0 Å². The second kappa shape index (κ2) is 10.0. The van der Waals surface area contributed by atoms with E-state index in [-0.39, 0.29) is 29.6 Å². The van der Waals surface area contributed by atoms with Crippen molar-refractivity contribution in [1.82, 2.24) is 10.2 Å². The molecule has 0 bridgehead atoms. The zero-order valence-electron chi connectivity index (χ0n) is 14.1. The topological polar surface area (TPSA) is 15.3 Å². The second-order valence-electron chi connectivity index (χ2n) is 6.46. The molecule has 128 valence electrons. The number of thioether (sulfide) groups is 1. The van der Waals surface area contributed by atoms with Crippen molar-refractivity contribution in [3.8, 4) is 0 Å². The first kappa shape index (κ1) is 22.1. The molecule has 22 heavy (non-hydrogen) atoms. The Kier molecular flexibility index (Phi) is 10.1. The van der Waals surface area contributed by atoms with E-state index in [1.807, 2.05) is 11.8 Å². The van der Waals surface area contributed by atoms with Gasteiger partial charge in [0, 0.05) is 41.9 Å². The zero-order chi connectivity index (χ0) is 14.6. The summed E-state index contributed by atoms with van der Waals surface area (Å²) in [6, 6.07) is 9.53. The van der Waals surface area contributed by atoms with Gasteiger partial charge in [0.25, 0.3) is 0 Å². The molecule has 0 unspecified atom stereocenters. The lowest BCUT2D eigenvalue weighted by molar-refractivity contribution is 0.167. The van der Waals surface area contributed by atoms with Crippen LogP contribution in [0.15, 0.2) is 29.2 Å². The van der Waals surface area contributed by atoms with Crippen LogP contribution in [-0.2, 0) is 0 Å². The van der Waals surface area contributed by atoms with Crippen molar-refractivity contribution in [1.29, 1.82) is 0 Å². The van der Waals surface area contributed by atoms with Crippen molar-refractivity contribution in [3.63, 3.8) is 0 Å². The maximum absolute atomic E-state index is 3.45. The van der Waals surface area contributed by atoms with Crippen LogP contribution in [0.5, 0.6) is 0 Å². The van der Waals surface area contributed by atoms with Crippen LogP contribution in [0.2, 0.25) is 0 Å². The first-order chi connectivity index (χ1) is 9.51. The molecule has 0 radical (unpaired) electrons. The van der Waals surface area contributed by atoms with E-state index >= 15 is 0 Å². The van der Waals surface area contributed by atoms with E-state index in [0.717, 1.165) is 26.2 Å². The summed E-state index contributed by atoms with van der Waals surface area (Å²) in [6.07, 6.45) is 1.18. The average Bonchev–Trinajstić information content (AvgIpc) is 2.41. The third-order valence-electron chi connectivity index (χ3n) is 3.67. The summed E-state index contributed by atoms with van der Waals surface area (Å²) >= 11 is 1.99. The summed E-state index contributed by atoms with van der Waals surface area (Å²) in [4.78, 5) is 4.09. The number of hydrogen-bond acceptors (Lipinski definition) is 3. The van der Waals surface area contributed by atoms with Gasteiger partial charge in [-0.3, -0.25) is 4.90 Å². The first-order valence-electron chi connectivity index (χ1n) is 7.74. The van der Waals surface area contributed by atoms with Crippen LogP contribution in [0.3, 0.4) is 0 Å². The van der Waals surface area contributed by atoms with Crippen molar-refractivity contribution < 1.29 is 0 Å². The maximum Gasteiger partial charge on any atom is 0.0357 e. The minimum absolute atomic E-state index is 0. The van der Waals surface area contributed by atoms with Gasteiger partial charge in [-0.2, -0.15) is 0 Å². The van der Waals surface area contributed by atoms with Crippen molar-refractivity contribution >= 4 is 36.6 Å². The Hall–Kier alpha value is 0.0700. The molecule has 1 saturated heterocycles. The van der Waals surface area contributed by atoms with Gasteiger partial charge in [-0.05, 0) is 18.1 Å². The van der Waals surface area contributed by atoms with E-state index in [4.69, 9.17) is 0 Å². The molecule has 0 aromatic heterocycles. The highest BCUT2D eigenvalue weighted by Gasteiger charge is 2.24. The Balaban J connectivity index is 0.00000220. The van der Waals surface area contributed by atoms with E-state index in [1.165, 1.54) is 16.9 Å². The van der Waals surface area contributed by atoms with Gasteiger partial charge in [0.05, 0.1) is 0 Å². The molecule has 1 aromatic carbocycles. The van der Waals surface area contributed by atoms with Crippen molar-refractivity contribution in [3.05, 3.63) is 29.8 Å². The number of benzene rings is 1. The van der Waals surface area contributed by atoms with Gasteiger partial charge in [-0.15, -0.1) is 36.6 Å². The minimum Gasteiger partial charge on any atom is -0.314 e. The van der Waals surface area contributed by atoms with Gasteiger partial charge in [0.1, 0.15) is 0 Å². The van der Waals surface area contributed by atoms with Crippen LogP contribution in [-0.4, -0.2) is 35.8 Å². The molecule has 1 atom stereocenters. The summed E-state index contributed by atoms with van der Waals surface area (Å²) in [5, 5.41) is 3.45. The highest BCUT2D eigenvalue weighted by atomic mass is 35.5. The fourth-order valence-corrected chi connectivity index (χ4v) is 3.98. The Morgan fingerprint density at radius 2 is 1.73 bits per heavy atom. The Morgan fingerprint density at radius 1 is 1.14 bits per heavy atom. The second-order valence-corrected chi connectivity index (χ2v) is 8.33. The highest BCUT2D eigenvalue weighted by Crippen LogP contribution is 2.38. The summed E-state index contributed by atoms with van der Waals surface area (Å²) in [6.45, 7) is 13.7. The summed E-state index contributed by atoms with van der Waals surface area (Å²) in [5.74, 6) is 0. The molecular weight excluding hydrogens is 335 g/mol. The molecule has 5 heteroatoms. The maximum atomic E-state index is 3.45. The number of hydrogen-bond donors (Lipinski definition) is 1. The van der Waals surface area contributed by atoms with Crippen molar-refractivity contribution in [2.75, 3.05) is 26.2 Å². The van der Waals surface area contributed by atoms with Crippen LogP contribution in [0.1, 0.15) is 45.7 Å². The van der Waals surface area contributed by atoms with Crippen LogP contribution < -0.4 is 5.32 Å². The summed E-state index contributed by atoms with van der Waals surface area (Å²) < 4.78 is 0.262. The predicted octanol–water partition coefficient (Wildman–Crippen LogP) is 4.78. The SMILES string of the molecule is CC[C@H](c1ccccc1SC(C)(C)C)N1CCNCC1.Cl.Cl. The van der Waals surface area contributed by atoms with Crippen molar-refractivity contribution in [2.24, 2.45) is 0 Å². The standard InChI is InChI=1S/C17H28N2S.2ClH/c1-5-15(19-12-10-18-11-13-19)14-8-6-7-9-16(14)20-17(2,3)4;;/h6-9,15,18H,5,10-13H2,1-4H3;2*1H/t15-;;/m1../s1. The summed E-state index contributed by atoms with van der Waals surface area (Å²) in [7, 11) is 0. The van der Waals surface area contributed by atoms with E-state index in [9.17, 15) is 0 Å². The van der Waals surface area contributed by atoms with E-state index in [1.54, 1.807) is 0 Å². The lowest BCUT2D eigenvalue weighted by Gasteiger charge is -2.36. The minimum atomic E-state index is 0. The van der Waals surface area contributed by atoms with E-state index < -0.39 is 0 Å². The Bertz CT molecular complexity index is 429. The monoisotopic (exact) mass is 364 g/mol. The van der Waals surface area contributed by atoms with Crippen molar-refractivity contribution in [2.45, 2.75) is 49.8 Å². The number of nitrogens with zero attached hydrogens (tertiary/aromatic N) is 1. The van der Waals surface area contributed by atoms with E-state index in [0.29, 0.717) is 6.04 Å². The smallest absolute Gasteiger partial charge is 0.0357 e. The largest absolute Gasteiger partial charge is 0.314 e. The molecule has 1 aromatic rings. The highest BCUT2D eigenvalue weighted by molar-refractivity contribution is 8.00. The lowest BCUT2D eigenvalue weighted by atomic mass is 10.0. The fourth-order valence-electron chi connectivity index (χ4n) is 2.85. The van der Waals surface area contributed by atoms with Gasteiger partial charge < -0.3 is 5.32 Å². The molecule has 1 N–H and O–H groups in total. The zero-order valence-corrected chi connectivity index (χ0v) is 16.5. The number of nitrogens with one attached hydrogen (secondary N) is 1. The van der Waals surface area contributed by atoms with Crippen LogP contribution in [0.25, 0.3) is 0 Å². The Labute approximate surface area is 152 Å². The molecule has 1 heterocycles. The lowest BCUT2D eigenvalue weighted by Crippen LogP contribution is -2.45. The number of halogens is 2. The van der Waals surface area contributed by atoms with Crippen LogP contribution in [0, 0.1) is 0 Å². The summed E-state index contributed by atoms with van der Waals surface area (Å²) in [5.41, 5.74) is 1.51. The molecule has 0 saturated carbocycles. The molecular formula is C17H30Cl2N2S. The first-order valence-corrected chi connectivity index (χ1v) is 8.55. The molecule has 2 nitrogen and oxygen atoms in total. The fraction of sp³-hybridized carbons (Fsp3) is 0.647. The molecule has 0 amide bonds. The molecule has 1 fully saturated rings. The van der Waals surface area contributed by atoms with Gasteiger partial charge in [-0.1, -0.05) is 45.9 Å². The number of rotatable bonds is 4. The third-order valence-corrected chi connectivity index (χ3v) is 4.88. The Morgan fingerprint density at radius 3 is 2.27 bits per heavy atom. The predicted molar refractivity (Wildman–Crippen MR) is 104 cm³/mol. The molecule has 1 aliphatic heterocycles. The third kappa shape index (κ3) is 6.29.